The normalized spacial score (nSPS) is 12.1. The van der Waals surface area contributed by atoms with Crippen molar-refractivity contribution in [2.45, 2.75) is 5.38 Å². The molecule has 1 unspecified atom stereocenters. The van der Waals surface area contributed by atoms with Crippen LogP contribution < -0.4 is 9.47 Å². The molecule has 2 rings (SSSR count). The van der Waals surface area contributed by atoms with E-state index < -0.39 is 5.38 Å². The fourth-order valence-corrected chi connectivity index (χ4v) is 3.89. The van der Waals surface area contributed by atoms with E-state index in [0.717, 1.165) is 20.1 Å². The first kappa shape index (κ1) is 16.9. The van der Waals surface area contributed by atoms with Crippen LogP contribution in [0.25, 0.3) is 0 Å². The van der Waals surface area contributed by atoms with Crippen molar-refractivity contribution in [2.75, 3.05) is 14.2 Å². The minimum absolute atomic E-state index is 0.392. The van der Waals surface area contributed by atoms with Crippen LogP contribution in [0, 0.1) is 0 Å². The molecule has 0 bridgehead atoms. The number of hydrogen-bond acceptors (Lipinski definition) is 2. The van der Waals surface area contributed by atoms with Gasteiger partial charge in [0.25, 0.3) is 0 Å². The molecule has 0 aromatic heterocycles. The zero-order valence-electron chi connectivity index (χ0n) is 11.3. The van der Waals surface area contributed by atoms with Crippen molar-refractivity contribution < 1.29 is 9.47 Å². The van der Waals surface area contributed by atoms with Gasteiger partial charge in [0.1, 0.15) is 16.0 Å². The van der Waals surface area contributed by atoms with Crippen molar-refractivity contribution >= 4 is 55.1 Å². The third-order valence-corrected chi connectivity index (χ3v) is 4.88. The highest BCUT2D eigenvalue weighted by molar-refractivity contribution is 9.11. The molecule has 0 saturated carbocycles. The van der Waals surface area contributed by atoms with Crippen molar-refractivity contribution in [2.24, 2.45) is 0 Å². The summed E-state index contributed by atoms with van der Waals surface area (Å²) in [6.45, 7) is 0. The molecular weight excluding hydrogens is 443 g/mol. The maximum atomic E-state index is 6.61. The molecule has 0 aliphatic carbocycles. The van der Waals surface area contributed by atoms with Crippen LogP contribution in [0.1, 0.15) is 16.5 Å². The quantitative estimate of drug-likeness (QED) is 0.511. The van der Waals surface area contributed by atoms with Gasteiger partial charge in [-0.2, -0.15) is 0 Å². The summed E-state index contributed by atoms with van der Waals surface area (Å²) in [5, 5.41) is 0.230. The van der Waals surface area contributed by atoms with Gasteiger partial charge in [0.2, 0.25) is 0 Å². The van der Waals surface area contributed by atoms with E-state index in [1.165, 1.54) is 0 Å². The largest absolute Gasteiger partial charge is 0.495 e. The van der Waals surface area contributed by atoms with E-state index in [2.05, 4.69) is 31.9 Å². The van der Waals surface area contributed by atoms with E-state index in [4.69, 9.17) is 32.7 Å². The number of rotatable bonds is 4. The van der Waals surface area contributed by atoms with Gasteiger partial charge in [-0.05, 0) is 51.8 Å². The van der Waals surface area contributed by atoms with Crippen molar-refractivity contribution in [3.8, 4) is 11.5 Å². The van der Waals surface area contributed by atoms with E-state index >= 15 is 0 Å². The molecule has 2 aromatic carbocycles. The predicted molar refractivity (Wildman–Crippen MR) is 94.1 cm³/mol. The third-order valence-electron chi connectivity index (χ3n) is 2.97. The summed E-state index contributed by atoms with van der Waals surface area (Å²) < 4.78 is 12.3. The lowest BCUT2D eigenvalue weighted by Gasteiger charge is -2.18. The second-order valence-corrected chi connectivity index (χ2v) is 6.85. The van der Waals surface area contributed by atoms with E-state index in [1.807, 2.05) is 30.3 Å². The summed E-state index contributed by atoms with van der Waals surface area (Å²) in [5.74, 6) is 1.33. The highest BCUT2D eigenvalue weighted by Crippen LogP contribution is 2.44. The zero-order chi connectivity index (χ0) is 15.6. The Morgan fingerprint density at radius 3 is 2.33 bits per heavy atom. The van der Waals surface area contributed by atoms with Crippen LogP contribution in [-0.4, -0.2) is 14.2 Å². The monoisotopic (exact) mass is 452 g/mol. The Hall–Kier alpha value is -0.420. The van der Waals surface area contributed by atoms with E-state index in [9.17, 15) is 0 Å². The molecule has 21 heavy (non-hydrogen) atoms. The first-order chi connectivity index (χ1) is 9.97. The summed E-state index contributed by atoms with van der Waals surface area (Å²) in [4.78, 5) is 0. The Labute approximate surface area is 150 Å². The average Bonchev–Trinajstić information content (AvgIpc) is 2.45. The standard InChI is InChI=1S/C15H12Br2Cl2O2/c1-20-12-4-3-11(15(21-2)13(12)17)14(19)8-5-9(16)7-10(18)6-8/h3-7,14H,1-2H3. The molecule has 1 atom stereocenters. The fraction of sp³-hybridized carbons (Fsp3) is 0.200. The molecule has 0 saturated heterocycles. The number of ether oxygens (including phenoxy) is 2. The maximum Gasteiger partial charge on any atom is 0.141 e. The fourth-order valence-electron chi connectivity index (χ4n) is 2.02. The van der Waals surface area contributed by atoms with Gasteiger partial charge in [0.15, 0.2) is 0 Å². The highest BCUT2D eigenvalue weighted by atomic mass is 79.9. The lowest BCUT2D eigenvalue weighted by molar-refractivity contribution is 0.386. The molecule has 0 amide bonds. The van der Waals surface area contributed by atoms with Gasteiger partial charge in [-0.1, -0.05) is 27.5 Å². The predicted octanol–water partition coefficient (Wildman–Crippen LogP) is 6.21. The lowest BCUT2D eigenvalue weighted by Crippen LogP contribution is -2.00. The average molecular weight is 455 g/mol. The van der Waals surface area contributed by atoms with Crippen LogP contribution in [0.4, 0.5) is 0 Å². The number of benzene rings is 2. The van der Waals surface area contributed by atoms with Crippen LogP contribution in [-0.2, 0) is 0 Å². The molecular formula is C15H12Br2Cl2O2. The molecule has 0 spiro atoms. The van der Waals surface area contributed by atoms with Gasteiger partial charge in [-0.3, -0.25) is 0 Å². The topological polar surface area (TPSA) is 18.5 Å². The van der Waals surface area contributed by atoms with E-state index in [0.29, 0.717) is 16.5 Å². The van der Waals surface area contributed by atoms with E-state index in [-0.39, 0.29) is 0 Å². The second kappa shape index (κ2) is 7.23. The van der Waals surface area contributed by atoms with Crippen molar-refractivity contribution in [1.29, 1.82) is 0 Å². The minimum atomic E-state index is -0.392. The van der Waals surface area contributed by atoms with Crippen LogP contribution in [0.3, 0.4) is 0 Å². The second-order valence-electron chi connectivity index (χ2n) is 4.27. The highest BCUT2D eigenvalue weighted by Gasteiger charge is 2.20. The number of alkyl halides is 1. The number of halogens is 4. The molecule has 0 heterocycles. The molecule has 2 nitrogen and oxygen atoms in total. The molecule has 0 aliphatic rings. The molecule has 112 valence electrons. The van der Waals surface area contributed by atoms with Gasteiger partial charge in [-0.25, -0.2) is 0 Å². The van der Waals surface area contributed by atoms with Crippen LogP contribution in [0.2, 0.25) is 5.02 Å². The van der Waals surface area contributed by atoms with Gasteiger partial charge in [0, 0.05) is 15.1 Å². The Bertz CT molecular complexity index is 642. The number of hydrogen-bond donors (Lipinski definition) is 0. The summed E-state index contributed by atoms with van der Waals surface area (Å²) in [6.07, 6.45) is 0. The Balaban J connectivity index is 2.52. The van der Waals surface area contributed by atoms with Crippen LogP contribution in [0.15, 0.2) is 39.3 Å². The van der Waals surface area contributed by atoms with Crippen molar-refractivity contribution in [3.05, 3.63) is 55.4 Å². The Morgan fingerprint density at radius 2 is 1.76 bits per heavy atom. The third kappa shape index (κ3) is 3.67. The Kier molecular flexibility index (Phi) is 5.83. The summed E-state index contributed by atoms with van der Waals surface area (Å²) in [6, 6.07) is 9.31. The smallest absolute Gasteiger partial charge is 0.141 e. The maximum absolute atomic E-state index is 6.61. The zero-order valence-corrected chi connectivity index (χ0v) is 16.0. The molecule has 6 heteroatoms. The molecule has 0 aliphatic heterocycles. The molecule has 0 fully saturated rings. The summed E-state index contributed by atoms with van der Waals surface area (Å²) in [7, 11) is 3.20. The van der Waals surface area contributed by atoms with Crippen LogP contribution in [0.5, 0.6) is 11.5 Å². The van der Waals surface area contributed by atoms with Crippen LogP contribution >= 0.6 is 55.1 Å². The van der Waals surface area contributed by atoms with Gasteiger partial charge >= 0.3 is 0 Å². The lowest BCUT2D eigenvalue weighted by atomic mass is 10.0. The van der Waals surface area contributed by atoms with Gasteiger partial charge < -0.3 is 9.47 Å². The summed E-state index contributed by atoms with van der Waals surface area (Å²) >= 11 is 19.6. The van der Waals surface area contributed by atoms with E-state index in [1.54, 1.807) is 14.2 Å². The summed E-state index contributed by atoms with van der Waals surface area (Å²) in [5.41, 5.74) is 1.72. The minimum Gasteiger partial charge on any atom is -0.495 e. The SMILES string of the molecule is COc1ccc(C(Cl)c2cc(Cl)cc(Br)c2)c(OC)c1Br. The van der Waals surface area contributed by atoms with Crippen molar-refractivity contribution in [1.82, 2.24) is 0 Å². The van der Waals surface area contributed by atoms with Gasteiger partial charge in [-0.15, -0.1) is 11.6 Å². The first-order valence-corrected chi connectivity index (χ1v) is 8.38. The Morgan fingerprint density at radius 1 is 1.05 bits per heavy atom. The van der Waals surface area contributed by atoms with Gasteiger partial charge in [0.05, 0.1) is 19.6 Å². The molecule has 0 N–H and O–H groups in total. The number of methoxy groups -OCH3 is 2. The first-order valence-electron chi connectivity index (χ1n) is 5.98. The molecule has 2 aromatic rings. The van der Waals surface area contributed by atoms with Crippen molar-refractivity contribution in [3.63, 3.8) is 0 Å². The molecule has 0 radical (unpaired) electrons.